The van der Waals surface area contributed by atoms with E-state index in [0.29, 0.717) is 12.8 Å². The fourth-order valence-corrected chi connectivity index (χ4v) is 1.88. The van der Waals surface area contributed by atoms with Crippen LogP contribution in [0.1, 0.15) is 47.0 Å². The number of esters is 1. The first kappa shape index (κ1) is 18.3. The molecule has 114 valence electrons. The van der Waals surface area contributed by atoms with E-state index in [0.717, 1.165) is 12.8 Å². The topological polar surface area (TPSA) is 96.2 Å². The summed E-state index contributed by atoms with van der Waals surface area (Å²) in [4.78, 5) is 10.5. The minimum atomic E-state index is -0.949. The highest BCUT2D eigenvalue weighted by atomic mass is 16.6. The largest absolute Gasteiger partial charge is 0.460 e. The SMILES string of the molecule is C.CC[C@@H]1C[C@@H](O)C(=O)O1.CC[C@@H]1C[C@@H](O)C(O)O1. The fraction of sp³-hybridized carbons (Fsp3) is 0.923. The Morgan fingerprint density at radius 1 is 1.11 bits per heavy atom. The van der Waals surface area contributed by atoms with Gasteiger partial charge < -0.3 is 24.8 Å². The summed E-state index contributed by atoms with van der Waals surface area (Å²) in [5, 5.41) is 26.6. The van der Waals surface area contributed by atoms with Crippen LogP contribution in [0.25, 0.3) is 0 Å². The summed E-state index contributed by atoms with van der Waals surface area (Å²) in [6.45, 7) is 3.89. The Hall–Kier alpha value is -0.690. The molecular weight excluding hydrogens is 252 g/mol. The van der Waals surface area contributed by atoms with Crippen LogP contribution in [0.3, 0.4) is 0 Å². The van der Waals surface area contributed by atoms with E-state index in [9.17, 15) is 4.79 Å². The van der Waals surface area contributed by atoms with Crippen molar-refractivity contribution in [2.75, 3.05) is 0 Å². The molecule has 3 N–H and O–H groups in total. The molecule has 0 aromatic carbocycles. The number of hydrogen-bond donors (Lipinski definition) is 3. The Morgan fingerprint density at radius 2 is 1.68 bits per heavy atom. The number of ether oxygens (including phenoxy) is 2. The average molecular weight is 278 g/mol. The Morgan fingerprint density at radius 3 is 1.89 bits per heavy atom. The first-order valence-corrected chi connectivity index (χ1v) is 6.38. The van der Waals surface area contributed by atoms with Crippen molar-refractivity contribution < 1.29 is 29.6 Å². The van der Waals surface area contributed by atoms with Crippen molar-refractivity contribution >= 4 is 5.97 Å². The summed E-state index contributed by atoms with van der Waals surface area (Å²) in [6, 6.07) is 0. The van der Waals surface area contributed by atoms with Gasteiger partial charge in [-0.1, -0.05) is 21.3 Å². The van der Waals surface area contributed by atoms with Gasteiger partial charge in [0.05, 0.1) is 6.10 Å². The van der Waals surface area contributed by atoms with Gasteiger partial charge in [-0.05, 0) is 12.8 Å². The molecule has 6 nitrogen and oxygen atoms in total. The lowest BCUT2D eigenvalue weighted by molar-refractivity contribution is -0.147. The number of hydrogen-bond acceptors (Lipinski definition) is 6. The molecule has 0 amide bonds. The van der Waals surface area contributed by atoms with Crippen molar-refractivity contribution in [3.8, 4) is 0 Å². The van der Waals surface area contributed by atoms with Crippen molar-refractivity contribution in [2.45, 2.75) is 77.7 Å². The van der Waals surface area contributed by atoms with Crippen LogP contribution in [-0.4, -0.2) is 52.0 Å². The van der Waals surface area contributed by atoms with E-state index in [1.807, 2.05) is 13.8 Å². The maximum absolute atomic E-state index is 10.5. The summed E-state index contributed by atoms with van der Waals surface area (Å²) in [7, 11) is 0. The van der Waals surface area contributed by atoms with Crippen LogP contribution in [-0.2, 0) is 14.3 Å². The molecule has 2 heterocycles. The number of aliphatic hydroxyl groups excluding tert-OH is 3. The van der Waals surface area contributed by atoms with E-state index in [1.54, 1.807) is 0 Å². The van der Waals surface area contributed by atoms with E-state index in [2.05, 4.69) is 0 Å². The van der Waals surface area contributed by atoms with Gasteiger partial charge in [-0.3, -0.25) is 0 Å². The number of cyclic esters (lactones) is 1. The molecule has 2 fully saturated rings. The molecule has 2 aliphatic heterocycles. The first-order chi connectivity index (χ1) is 8.47. The van der Waals surface area contributed by atoms with Crippen molar-refractivity contribution in [3.63, 3.8) is 0 Å². The third-order valence-electron chi connectivity index (χ3n) is 3.12. The predicted molar refractivity (Wildman–Crippen MR) is 69.3 cm³/mol. The molecule has 0 bridgehead atoms. The molecule has 5 atom stereocenters. The maximum Gasteiger partial charge on any atom is 0.335 e. The van der Waals surface area contributed by atoms with Gasteiger partial charge in [-0.2, -0.15) is 0 Å². The first-order valence-electron chi connectivity index (χ1n) is 6.38. The van der Waals surface area contributed by atoms with E-state index in [-0.39, 0.29) is 19.6 Å². The van der Waals surface area contributed by atoms with E-state index in [4.69, 9.17) is 24.8 Å². The second-order valence-electron chi connectivity index (χ2n) is 4.58. The van der Waals surface area contributed by atoms with Gasteiger partial charge in [0.1, 0.15) is 12.2 Å². The molecule has 0 saturated carbocycles. The molecular formula is C13H26O6. The summed E-state index contributed by atoms with van der Waals surface area (Å²) in [5.74, 6) is -0.471. The minimum Gasteiger partial charge on any atom is -0.460 e. The maximum atomic E-state index is 10.5. The lowest BCUT2D eigenvalue weighted by Gasteiger charge is -2.05. The minimum absolute atomic E-state index is 0. The lowest BCUT2D eigenvalue weighted by Crippen LogP contribution is -2.19. The third-order valence-corrected chi connectivity index (χ3v) is 3.12. The zero-order chi connectivity index (χ0) is 13.7. The lowest BCUT2D eigenvalue weighted by atomic mass is 10.2. The molecule has 0 aromatic rings. The van der Waals surface area contributed by atoms with Gasteiger partial charge in [-0.15, -0.1) is 0 Å². The van der Waals surface area contributed by atoms with Gasteiger partial charge in [0.2, 0.25) is 0 Å². The molecule has 2 saturated heterocycles. The Labute approximate surface area is 114 Å². The monoisotopic (exact) mass is 278 g/mol. The molecule has 0 radical (unpaired) electrons. The normalized spacial score (nSPS) is 37.1. The number of rotatable bonds is 2. The van der Waals surface area contributed by atoms with E-state index < -0.39 is 24.5 Å². The Bertz CT molecular complexity index is 260. The third kappa shape index (κ3) is 5.44. The molecule has 1 unspecified atom stereocenters. The van der Waals surface area contributed by atoms with Crippen LogP contribution in [0.4, 0.5) is 0 Å². The number of carbonyl (C=O) groups excluding carboxylic acids is 1. The van der Waals surface area contributed by atoms with Crippen molar-refractivity contribution in [3.05, 3.63) is 0 Å². The number of carbonyl (C=O) groups is 1. The van der Waals surface area contributed by atoms with Crippen LogP contribution in [0.2, 0.25) is 0 Å². The predicted octanol–water partition coefficient (Wildman–Crippen LogP) is 0.573. The highest BCUT2D eigenvalue weighted by Crippen LogP contribution is 2.20. The molecule has 0 aromatic heterocycles. The van der Waals surface area contributed by atoms with Crippen LogP contribution in [0.15, 0.2) is 0 Å². The standard InChI is InChI=1S/C6H12O3.C6H10O3.CH4/c2*1-2-4-3-5(7)6(8)9-4;/h4-8H,2-3H2,1H3;4-5,7H,2-3H2,1H3;1H4/t4-,5-,6?;4-,5-;/m11./s1. The van der Waals surface area contributed by atoms with Gasteiger partial charge in [0.15, 0.2) is 12.4 Å². The van der Waals surface area contributed by atoms with Gasteiger partial charge in [-0.25, -0.2) is 4.79 Å². The van der Waals surface area contributed by atoms with Crippen LogP contribution in [0.5, 0.6) is 0 Å². The van der Waals surface area contributed by atoms with Crippen LogP contribution in [0, 0.1) is 0 Å². The summed E-state index contributed by atoms with van der Waals surface area (Å²) < 4.78 is 9.66. The summed E-state index contributed by atoms with van der Waals surface area (Å²) in [6.07, 6.45) is 0.201. The second-order valence-corrected chi connectivity index (χ2v) is 4.58. The molecule has 19 heavy (non-hydrogen) atoms. The Kier molecular flexibility index (Phi) is 8.17. The zero-order valence-electron chi connectivity index (χ0n) is 10.8. The Balaban J connectivity index is 0.000000324. The highest BCUT2D eigenvalue weighted by Gasteiger charge is 2.31. The highest BCUT2D eigenvalue weighted by molar-refractivity contribution is 5.76. The second kappa shape index (κ2) is 8.47. The van der Waals surface area contributed by atoms with E-state index >= 15 is 0 Å². The molecule has 0 aliphatic carbocycles. The van der Waals surface area contributed by atoms with Crippen LogP contribution < -0.4 is 0 Å². The fourth-order valence-electron chi connectivity index (χ4n) is 1.88. The van der Waals surface area contributed by atoms with Crippen molar-refractivity contribution in [1.82, 2.24) is 0 Å². The number of aliphatic hydroxyl groups is 3. The van der Waals surface area contributed by atoms with Crippen LogP contribution >= 0.6 is 0 Å². The summed E-state index contributed by atoms with van der Waals surface area (Å²) >= 11 is 0. The van der Waals surface area contributed by atoms with Gasteiger partial charge in [0.25, 0.3) is 0 Å². The zero-order valence-corrected chi connectivity index (χ0v) is 10.8. The molecule has 0 spiro atoms. The average Bonchev–Trinajstić information content (AvgIpc) is 2.84. The quantitative estimate of drug-likeness (QED) is 0.639. The van der Waals surface area contributed by atoms with Crippen molar-refractivity contribution in [2.24, 2.45) is 0 Å². The van der Waals surface area contributed by atoms with Crippen molar-refractivity contribution in [1.29, 1.82) is 0 Å². The van der Waals surface area contributed by atoms with Gasteiger partial charge in [0, 0.05) is 12.8 Å². The molecule has 6 heteroatoms. The summed E-state index contributed by atoms with van der Waals surface area (Å²) in [5.41, 5.74) is 0. The smallest absolute Gasteiger partial charge is 0.335 e. The van der Waals surface area contributed by atoms with E-state index in [1.165, 1.54) is 0 Å². The molecule has 2 aliphatic rings. The van der Waals surface area contributed by atoms with Gasteiger partial charge >= 0.3 is 5.97 Å². The molecule has 2 rings (SSSR count).